The summed E-state index contributed by atoms with van der Waals surface area (Å²) in [5.74, 6) is 0.319. The van der Waals surface area contributed by atoms with Crippen LogP contribution in [0.5, 0.6) is 0 Å². The third kappa shape index (κ3) is 3.97. The van der Waals surface area contributed by atoms with Crippen LogP contribution in [0, 0.1) is 5.92 Å². The van der Waals surface area contributed by atoms with E-state index in [0.29, 0.717) is 6.54 Å². The van der Waals surface area contributed by atoms with Gasteiger partial charge in [0, 0.05) is 17.8 Å². The molecule has 1 aromatic rings. The van der Waals surface area contributed by atoms with Crippen LogP contribution in [-0.4, -0.2) is 17.8 Å². The van der Waals surface area contributed by atoms with Gasteiger partial charge in [0.1, 0.15) is 0 Å². The molecule has 0 saturated carbocycles. The minimum absolute atomic E-state index is 0.130. The van der Waals surface area contributed by atoms with Crippen LogP contribution in [0.3, 0.4) is 0 Å². The lowest BCUT2D eigenvalue weighted by Gasteiger charge is -2.24. The van der Waals surface area contributed by atoms with Crippen molar-refractivity contribution < 1.29 is 4.79 Å². The van der Waals surface area contributed by atoms with Gasteiger partial charge in [-0.15, -0.1) is 11.6 Å². The third-order valence-electron chi connectivity index (χ3n) is 3.92. The highest BCUT2D eigenvalue weighted by atomic mass is 35.5. The van der Waals surface area contributed by atoms with E-state index in [1.54, 1.807) is 0 Å². The van der Waals surface area contributed by atoms with Gasteiger partial charge in [0.15, 0.2) is 0 Å². The Morgan fingerprint density at radius 1 is 1.42 bits per heavy atom. The van der Waals surface area contributed by atoms with E-state index in [-0.39, 0.29) is 17.2 Å². The maximum Gasteiger partial charge on any atom is 0.223 e. The SMILES string of the molecule is CCC(Cl)CCNC(=O)C1CCc2ccccc2C1. The zero-order chi connectivity index (χ0) is 13.7. The largest absolute Gasteiger partial charge is 0.356 e. The summed E-state index contributed by atoms with van der Waals surface area (Å²) < 4.78 is 0. The predicted molar refractivity (Wildman–Crippen MR) is 79.5 cm³/mol. The number of rotatable bonds is 5. The fourth-order valence-electron chi connectivity index (χ4n) is 2.62. The van der Waals surface area contributed by atoms with Crippen LogP contribution in [0.2, 0.25) is 0 Å². The van der Waals surface area contributed by atoms with Crippen LogP contribution in [0.15, 0.2) is 24.3 Å². The quantitative estimate of drug-likeness (QED) is 0.823. The highest BCUT2D eigenvalue weighted by molar-refractivity contribution is 6.20. The van der Waals surface area contributed by atoms with Crippen molar-refractivity contribution in [2.45, 2.75) is 44.4 Å². The topological polar surface area (TPSA) is 29.1 Å². The van der Waals surface area contributed by atoms with Gasteiger partial charge in [0.25, 0.3) is 0 Å². The summed E-state index contributed by atoms with van der Waals surface area (Å²) in [4.78, 5) is 12.1. The molecule has 1 aliphatic carbocycles. The standard InChI is InChI=1S/C16H22ClNO/c1-2-15(17)9-10-18-16(19)14-8-7-12-5-3-4-6-13(12)11-14/h3-6,14-15H,2,7-11H2,1H3,(H,18,19). The summed E-state index contributed by atoms with van der Waals surface area (Å²) in [5.41, 5.74) is 2.73. The van der Waals surface area contributed by atoms with Gasteiger partial charge in [0.2, 0.25) is 5.91 Å². The summed E-state index contributed by atoms with van der Waals surface area (Å²) >= 11 is 6.05. The van der Waals surface area contributed by atoms with Crippen molar-refractivity contribution in [2.24, 2.45) is 5.92 Å². The average Bonchev–Trinajstić information content (AvgIpc) is 2.46. The number of amides is 1. The van der Waals surface area contributed by atoms with E-state index in [2.05, 4.69) is 36.5 Å². The first-order valence-corrected chi connectivity index (χ1v) is 7.63. The zero-order valence-electron chi connectivity index (χ0n) is 11.5. The second-order valence-electron chi connectivity index (χ2n) is 5.29. The Hall–Kier alpha value is -1.02. The number of fused-ring (bicyclic) bond motifs is 1. The predicted octanol–water partition coefficient (Wildman–Crippen LogP) is 3.32. The van der Waals surface area contributed by atoms with Crippen molar-refractivity contribution in [2.75, 3.05) is 6.54 Å². The Bertz CT molecular complexity index is 433. The van der Waals surface area contributed by atoms with Crippen LogP contribution in [0.4, 0.5) is 0 Å². The van der Waals surface area contributed by atoms with E-state index in [9.17, 15) is 4.79 Å². The molecule has 0 spiro atoms. The molecule has 2 unspecified atom stereocenters. The van der Waals surface area contributed by atoms with Crippen molar-refractivity contribution in [1.82, 2.24) is 5.32 Å². The van der Waals surface area contributed by atoms with Gasteiger partial charge in [-0.3, -0.25) is 4.79 Å². The number of halogens is 1. The maximum atomic E-state index is 12.1. The van der Waals surface area contributed by atoms with Crippen LogP contribution in [0.25, 0.3) is 0 Å². The van der Waals surface area contributed by atoms with Crippen molar-refractivity contribution in [1.29, 1.82) is 0 Å². The molecule has 0 bridgehead atoms. The molecule has 104 valence electrons. The van der Waals surface area contributed by atoms with E-state index < -0.39 is 0 Å². The fraction of sp³-hybridized carbons (Fsp3) is 0.562. The monoisotopic (exact) mass is 279 g/mol. The Labute approximate surface area is 120 Å². The lowest BCUT2D eigenvalue weighted by Crippen LogP contribution is -2.35. The molecule has 0 saturated heterocycles. The van der Waals surface area contributed by atoms with E-state index in [1.807, 2.05) is 0 Å². The number of hydrogen-bond acceptors (Lipinski definition) is 1. The van der Waals surface area contributed by atoms with Gasteiger partial charge < -0.3 is 5.32 Å². The molecule has 1 aromatic carbocycles. The maximum absolute atomic E-state index is 12.1. The van der Waals surface area contributed by atoms with E-state index >= 15 is 0 Å². The van der Waals surface area contributed by atoms with Crippen LogP contribution in [0.1, 0.15) is 37.3 Å². The summed E-state index contributed by atoms with van der Waals surface area (Å²) in [7, 11) is 0. The Morgan fingerprint density at radius 3 is 2.89 bits per heavy atom. The van der Waals surface area contributed by atoms with Gasteiger partial charge >= 0.3 is 0 Å². The normalized spacial score (nSPS) is 19.6. The van der Waals surface area contributed by atoms with Gasteiger partial charge in [-0.2, -0.15) is 0 Å². The number of alkyl halides is 1. The smallest absolute Gasteiger partial charge is 0.223 e. The highest BCUT2D eigenvalue weighted by Crippen LogP contribution is 2.25. The van der Waals surface area contributed by atoms with Crippen molar-refractivity contribution in [3.05, 3.63) is 35.4 Å². The second-order valence-corrected chi connectivity index (χ2v) is 5.91. The Morgan fingerprint density at radius 2 is 2.16 bits per heavy atom. The molecule has 1 N–H and O–H groups in total. The molecule has 0 radical (unpaired) electrons. The van der Waals surface area contributed by atoms with Gasteiger partial charge in [-0.1, -0.05) is 31.2 Å². The highest BCUT2D eigenvalue weighted by Gasteiger charge is 2.24. The number of carbonyl (C=O) groups excluding carboxylic acids is 1. The lowest BCUT2D eigenvalue weighted by molar-refractivity contribution is -0.125. The number of benzene rings is 1. The van der Waals surface area contributed by atoms with Crippen molar-refractivity contribution >= 4 is 17.5 Å². The van der Waals surface area contributed by atoms with Gasteiger partial charge in [-0.05, 0) is 43.2 Å². The first kappa shape index (κ1) is 14.4. The van der Waals surface area contributed by atoms with Gasteiger partial charge in [0.05, 0.1) is 0 Å². The minimum Gasteiger partial charge on any atom is -0.356 e. The molecule has 2 nitrogen and oxygen atoms in total. The lowest BCUT2D eigenvalue weighted by atomic mass is 9.83. The summed E-state index contributed by atoms with van der Waals surface area (Å²) in [6.07, 6.45) is 4.66. The molecule has 0 fully saturated rings. The Balaban J connectivity index is 1.82. The number of aryl methyl sites for hydroxylation is 1. The van der Waals surface area contributed by atoms with Crippen LogP contribution >= 0.6 is 11.6 Å². The second kappa shape index (κ2) is 6.95. The first-order valence-electron chi connectivity index (χ1n) is 7.19. The summed E-state index contributed by atoms with van der Waals surface area (Å²) in [6, 6.07) is 8.44. The molecule has 0 aromatic heterocycles. The molecule has 2 rings (SSSR count). The summed E-state index contributed by atoms with van der Waals surface area (Å²) in [6.45, 7) is 2.76. The number of hydrogen-bond donors (Lipinski definition) is 1. The third-order valence-corrected chi connectivity index (χ3v) is 4.44. The van der Waals surface area contributed by atoms with Gasteiger partial charge in [-0.25, -0.2) is 0 Å². The average molecular weight is 280 g/mol. The molecule has 1 aliphatic rings. The molecule has 2 atom stereocenters. The first-order chi connectivity index (χ1) is 9.20. The molecule has 0 heterocycles. The molecule has 19 heavy (non-hydrogen) atoms. The van der Waals surface area contributed by atoms with Crippen LogP contribution in [-0.2, 0) is 17.6 Å². The molecular weight excluding hydrogens is 258 g/mol. The van der Waals surface area contributed by atoms with E-state index in [4.69, 9.17) is 11.6 Å². The molecule has 1 amide bonds. The summed E-state index contributed by atoms with van der Waals surface area (Å²) in [5, 5.41) is 3.20. The number of carbonyl (C=O) groups is 1. The van der Waals surface area contributed by atoms with Crippen molar-refractivity contribution in [3.8, 4) is 0 Å². The van der Waals surface area contributed by atoms with E-state index in [1.165, 1.54) is 11.1 Å². The molecule has 3 heteroatoms. The molecular formula is C16H22ClNO. The van der Waals surface area contributed by atoms with Crippen molar-refractivity contribution in [3.63, 3.8) is 0 Å². The van der Waals surface area contributed by atoms with E-state index in [0.717, 1.165) is 32.1 Å². The zero-order valence-corrected chi connectivity index (χ0v) is 12.2. The Kier molecular flexibility index (Phi) is 5.26. The fourth-order valence-corrected chi connectivity index (χ4v) is 2.73. The minimum atomic E-state index is 0.130. The molecule has 0 aliphatic heterocycles. The number of nitrogens with one attached hydrogen (secondary N) is 1. The van der Waals surface area contributed by atoms with Crippen LogP contribution < -0.4 is 5.32 Å².